The monoisotopic (exact) mass is 354 g/mol. The molecule has 0 heterocycles. The molecule has 1 unspecified atom stereocenters. The highest BCUT2D eigenvalue weighted by atomic mass is 16.5. The molecule has 7 nitrogen and oxygen atoms in total. The van der Waals surface area contributed by atoms with Crippen molar-refractivity contribution in [2.45, 2.75) is 19.0 Å². The van der Waals surface area contributed by atoms with E-state index in [1.54, 1.807) is 12.2 Å². The molecule has 2 amide bonds. The molecule has 7 N–H and O–H groups in total. The van der Waals surface area contributed by atoms with Crippen LogP contribution in [0.3, 0.4) is 0 Å². The molecule has 0 spiro atoms. The number of carbonyl (C=O) groups excluding carboxylic acids is 2. The Hall–Kier alpha value is -2.92. The number of allylic oxidation sites excluding steroid dienone is 2. The maximum atomic E-state index is 12.1. The van der Waals surface area contributed by atoms with Crippen molar-refractivity contribution in [1.29, 1.82) is 0 Å². The van der Waals surface area contributed by atoms with E-state index in [9.17, 15) is 9.59 Å². The van der Waals surface area contributed by atoms with E-state index in [0.717, 1.165) is 11.1 Å². The van der Waals surface area contributed by atoms with Crippen molar-refractivity contribution in [3.05, 3.63) is 59.2 Å². The van der Waals surface area contributed by atoms with Gasteiger partial charge in [0.2, 0.25) is 0 Å². The number of hydrogen-bond donors (Lipinski definition) is 5. The molecule has 0 aromatic heterocycles. The number of nitrogens with one attached hydrogen (secondary N) is 2. The first-order valence-electron chi connectivity index (χ1n) is 8.21. The van der Waals surface area contributed by atoms with Gasteiger partial charge in [-0.15, -0.1) is 0 Å². The SMILES string of the molecule is NCc1ccc(C#CC2C=CC(C(=O)N[C@@H](CN)C(=O)NO)=CC2)cc1. The number of amides is 2. The fourth-order valence-corrected chi connectivity index (χ4v) is 2.35. The van der Waals surface area contributed by atoms with E-state index in [4.69, 9.17) is 16.7 Å². The zero-order valence-corrected chi connectivity index (χ0v) is 14.2. The molecule has 2 rings (SSSR count). The minimum atomic E-state index is -0.990. The third-order valence-electron chi connectivity index (χ3n) is 3.92. The van der Waals surface area contributed by atoms with Crippen molar-refractivity contribution in [2.24, 2.45) is 17.4 Å². The molecule has 0 fully saturated rings. The molecular weight excluding hydrogens is 332 g/mol. The van der Waals surface area contributed by atoms with Crippen LogP contribution in [-0.4, -0.2) is 29.6 Å². The zero-order chi connectivity index (χ0) is 18.9. The number of nitrogens with two attached hydrogens (primary N) is 2. The van der Waals surface area contributed by atoms with E-state index >= 15 is 0 Å². The van der Waals surface area contributed by atoms with Crippen molar-refractivity contribution in [3.63, 3.8) is 0 Å². The van der Waals surface area contributed by atoms with Crippen LogP contribution < -0.4 is 22.3 Å². The van der Waals surface area contributed by atoms with Gasteiger partial charge in [0.1, 0.15) is 6.04 Å². The van der Waals surface area contributed by atoms with E-state index in [2.05, 4.69) is 17.2 Å². The van der Waals surface area contributed by atoms with E-state index in [1.165, 1.54) is 5.48 Å². The summed E-state index contributed by atoms with van der Waals surface area (Å²) in [5.41, 5.74) is 14.8. The molecule has 0 radical (unpaired) electrons. The Balaban J connectivity index is 1.93. The van der Waals surface area contributed by atoms with Gasteiger partial charge in [0.05, 0.1) is 0 Å². The third-order valence-corrected chi connectivity index (χ3v) is 3.92. The fraction of sp³-hybridized carbons (Fsp3) is 0.263. The summed E-state index contributed by atoms with van der Waals surface area (Å²) in [6, 6.07) is 6.75. The first kappa shape index (κ1) is 19.4. The minimum Gasteiger partial charge on any atom is -0.339 e. The Morgan fingerprint density at radius 3 is 2.54 bits per heavy atom. The first-order valence-corrected chi connectivity index (χ1v) is 8.21. The Morgan fingerprint density at radius 1 is 1.27 bits per heavy atom. The number of hydroxylamine groups is 1. The van der Waals surface area contributed by atoms with E-state index < -0.39 is 17.9 Å². The van der Waals surface area contributed by atoms with Gasteiger partial charge in [0.25, 0.3) is 11.8 Å². The van der Waals surface area contributed by atoms with Gasteiger partial charge in [-0.1, -0.05) is 42.2 Å². The molecule has 1 aromatic carbocycles. The normalized spacial score (nSPS) is 16.7. The van der Waals surface area contributed by atoms with Crippen LogP contribution in [0.15, 0.2) is 48.1 Å². The number of hydrogen-bond acceptors (Lipinski definition) is 5. The van der Waals surface area contributed by atoms with Crippen LogP contribution in [0.25, 0.3) is 0 Å². The van der Waals surface area contributed by atoms with Crippen molar-refractivity contribution in [1.82, 2.24) is 10.8 Å². The van der Waals surface area contributed by atoms with Gasteiger partial charge in [-0.3, -0.25) is 14.8 Å². The lowest BCUT2D eigenvalue weighted by molar-refractivity contribution is -0.133. The summed E-state index contributed by atoms with van der Waals surface area (Å²) in [5, 5.41) is 11.1. The van der Waals surface area contributed by atoms with Gasteiger partial charge in [-0.05, 0) is 24.1 Å². The van der Waals surface area contributed by atoms with Crippen LogP contribution in [0.1, 0.15) is 17.5 Å². The Kier molecular flexibility index (Phi) is 7.12. The molecule has 7 heteroatoms. The average molecular weight is 354 g/mol. The van der Waals surface area contributed by atoms with Crippen LogP contribution in [0.4, 0.5) is 0 Å². The summed E-state index contributed by atoms with van der Waals surface area (Å²) in [7, 11) is 0. The molecule has 0 bridgehead atoms. The highest BCUT2D eigenvalue weighted by Gasteiger charge is 2.20. The third kappa shape index (κ3) is 5.29. The Morgan fingerprint density at radius 2 is 2.00 bits per heavy atom. The largest absolute Gasteiger partial charge is 0.339 e. The Bertz CT molecular complexity index is 772. The Labute approximate surface area is 152 Å². The second-order valence-electron chi connectivity index (χ2n) is 5.77. The standard InChI is InChI=1S/C19H22N4O3/c20-11-15-5-3-13(4-6-15)1-2-14-7-9-16(10-8-14)18(24)22-17(12-21)19(25)23-26/h3-7,9-10,14,17,26H,8,11-12,20-21H2,(H,22,24)(H,23,25)/t14?,17-/m0/s1. The summed E-state index contributed by atoms with van der Waals surface area (Å²) in [6.07, 6.45) is 5.86. The summed E-state index contributed by atoms with van der Waals surface area (Å²) in [5.74, 6) is 5.08. The van der Waals surface area contributed by atoms with Crippen LogP contribution >= 0.6 is 0 Å². The summed E-state index contributed by atoms with van der Waals surface area (Å²) in [4.78, 5) is 23.5. The maximum absolute atomic E-state index is 12.1. The number of benzene rings is 1. The smallest absolute Gasteiger partial charge is 0.267 e. The fourth-order valence-electron chi connectivity index (χ4n) is 2.35. The highest BCUT2D eigenvalue weighted by molar-refractivity contribution is 5.99. The average Bonchev–Trinajstić information content (AvgIpc) is 2.70. The molecule has 1 aromatic rings. The van der Waals surface area contributed by atoms with E-state index in [0.29, 0.717) is 18.5 Å². The predicted octanol–water partition coefficient (Wildman–Crippen LogP) is -0.0518. The molecule has 26 heavy (non-hydrogen) atoms. The molecule has 1 aliphatic rings. The van der Waals surface area contributed by atoms with Gasteiger partial charge < -0.3 is 16.8 Å². The van der Waals surface area contributed by atoms with Crippen LogP contribution in [-0.2, 0) is 16.1 Å². The quantitative estimate of drug-likeness (QED) is 0.287. The van der Waals surface area contributed by atoms with Gasteiger partial charge in [0, 0.05) is 30.1 Å². The summed E-state index contributed by atoms with van der Waals surface area (Å²) < 4.78 is 0. The van der Waals surface area contributed by atoms with Gasteiger partial charge in [-0.25, -0.2) is 5.48 Å². The lowest BCUT2D eigenvalue weighted by atomic mass is 9.96. The van der Waals surface area contributed by atoms with E-state index in [-0.39, 0.29) is 12.5 Å². The number of rotatable bonds is 5. The lowest BCUT2D eigenvalue weighted by Gasteiger charge is -2.16. The van der Waals surface area contributed by atoms with Gasteiger partial charge in [0.15, 0.2) is 0 Å². The van der Waals surface area contributed by atoms with Crippen molar-refractivity contribution < 1.29 is 14.8 Å². The van der Waals surface area contributed by atoms with Crippen LogP contribution in [0, 0.1) is 17.8 Å². The summed E-state index contributed by atoms with van der Waals surface area (Å²) in [6.45, 7) is 0.381. The zero-order valence-electron chi connectivity index (χ0n) is 14.2. The molecule has 2 atom stereocenters. The molecule has 0 aliphatic heterocycles. The molecule has 136 valence electrons. The van der Waals surface area contributed by atoms with Crippen molar-refractivity contribution >= 4 is 11.8 Å². The lowest BCUT2D eigenvalue weighted by Crippen LogP contribution is -2.50. The van der Waals surface area contributed by atoms with Crippen LogP contribution in [0.2, 0.25) is 0 Å². The van der Waals surface area contributed by atoms with Crippen molar-refractivity contribution in [2.75, 3.05) is 6.54 Å². The maximum Gasteiger partial charge on any atom is 0.267 e. The highest BCUT2D eigenvalue weighted by Crippen LogP contribution is 2.16. The molecular formula is C19H22N4O3. The van der Waals surface area contributed by atoms with Gasteiger partial charge in [-0.2, -0.15) is 0 Å². The summed E-state index contributed by atoms with van der Waals surface area (Å²) >= 11 is 0. The predicted molar refractivity (Wildman–Crippen MR) is 97.5 cm³/mol. The molecule has 0 saturated heterocycles. The topological polar surface area (TPSA) is 130 Å². The number of carbonyl (C=O) groups is 2. The van der Waals surface area contributed by atoms with E-state index in [1.807, 2.05) is 30.3 Å². The molecule has 0 saturated carbocycles. The van der Waals surface area contributed by atoms with Gasteiger partial charge >= 0.3 is 0 Å². The first-order chi connectivity index (χ1) is 12.6. The second kappa shape index (κ2) is 9.53. The molecule has 1 aliphatic carbocycles. The van der Waals surface area contributed by atoms with Crippen molar-refractivity contribution in [3.8, 4) is 11.8 Å². The minimum absolute atomic E-state index is 0.00628. The second-order valence-corrected chi connectivity index (χ2v) is 5.77. The van der Waals surface area contributed by atoms with Crippen LogP contribution in [0.5, 0.6) is 0 Å².